The van der Waals surface area contributed by atoms with Crippen LogP contribution in [0, 0.1) is 11.7 Å². The molecule has 2 aliphatic heterocycles. The molecule has 6 nitrogen and oxygen atoms in total. The number of likely N-dealkylation sites (tertiary alicyclic amines) is 1. The minimum atomic E-state index is -0.240. The number of primary amides is 1. The number of benzene rings is 1. The molecule has 3 rings (SSSR count). The molecule has 168 valence electrons. The largest absolute Gasteiger partial charge is 0.381 e. The van der Waals surface area contributed by atoms with E-state index in [9.17, 15) is 9.18 Å². The van der Waals surface area contributed by atoms with Gasteiger partial charge in [0.2, 0.25) is 5.91 Å². The molecular weight excluding hydrogens is 498 g/mol. The van der Waals surface area contributed by atoms with Crippen molar-refractivity contribution in [3.05, 3.63) is 35.6 Å². The van der Waals surface area contributed by atoms with Gasteiger partial charge in [0.1, 0.15) is 5.82 Å². The highest BCUT2D eigenvalue weighted by Gasteiger charge is 2.35. The van der Waals surface area contributed by atoms with Crippen LogP contribution in [0.25, 0.3) is 0 Å². The predicted molar refractivity (Wildman–Crippen MR) is 128 cm³/mol. The Hall–Kier alpha value is -1.42. The minimum absolute atomic E-state index is 0. The number of carbonyl (C=O) groups is 1. The van der Waals surface area contributed by atoms with Crippen molar-refractivity contribution in [3.63, 3.8) is 0 Å². The van der Waals surface area contributed by atoms with Crippen molar-refractivity contribution >= 4 is 35.8 Å². The van der Waals surface area contributed by atoms with Gasteiger partial charge in [-0.1, -0.05) is 12.1 Å². The van der Waals surface area contributed by atoms with Gasteiger partial charge < -0.3 is 20.7 Å². The number of nitrogens with zero attached hydrogens (tertiary/aromatic N) is 2. The number of carbonyl (C=O) groups excluding carboxylic acids is 1. The third-order valence-corrected chi connectivity index (χ3v) is 6.08. The number of hydrogen-bond donors (Lipinski definition) is 2. The van der Waals surface area contributed by atoms with Crippen molar-refractivity contribution in [2.45, 2.75) is 44.4 Å². The molecule has 1 aromatic rings. The minimum Gasteiger partial charge on any atom is -0.381 e. The van der Waals surface area contributed by atoms with Crippen LogP contribution in [0.5, 0.6) is 0 Å². The highest BCUT2D eigenvalue weighted by molar-refractivity contribution is 14.0. The summed E-state index contributed by atoms with van der Waals surface area (Å²) in [7, 11) is 0. The van der Waals surface area contributed by atoms with Crippen LogP contribution in [0.1, 0.15) is 44.6 Å². The van der Waals surface area contributed by atoms with E-state index in [0.717, 1.165) is 56.8 Å². The van der Waals surface area contributed by atoms with Gasteiger partial charge in [-0.2, -0.15) is 0 Å². The van der Waals surface area contributed by atoms with E-state index in [0.29, 0.717) is 26.2 Å². The first-order valence-corrected chi connectivity index (χ1v) is 10.7. The molecule has 2 saturated heterocycles. The van der Waals surface area contributed by atoms with Crippen molar-refractivity contribution in [3.8, 4) is 0 Å². The topological polar surface area (TPSA) is 80.0 Å². The number of rotatable bonds is 6. The lowest BCUT2D eigenvalue weighted by Crippen LogP contribution is -2.48. The molecule has 1 amide bonds. The Labute approximate surface area is 195 Å². The van der Waals surface area contributed by atoms with E-state index in [1.54, 1.807) is 0 Å². The third-order valence-electron chi connectivity index (χ3n) is 6.08. The lowest BCUT2D eigenvalue weighted by molar-refractivity contribution is -0.119. The molecule has 2 aliphatic rings. The molecule has 1 unspecified atom stereocenters. The summed E-state index contributed by atoms with van der Waals surface area (Å²) in [5.74, 6) is 0.701. The second kappa shape index (κ2) is 11.8. The van der Waals surface area contributed by atoms with Crippen LogP contribution >= 0.6 is 24.0 Å². The Bertz CT molecular complexity index is 708. The van der Waals surface area contributed by atoms with E-state index >= 15 is 0 Å². The van der Waals surface area contributed by atoms with Crippen molar-refractivity contribution < 1.29 is 13.9 Å². The maximum atomic E-state index is 13.5. The predicted octanol–water partition coefficient (Wildman–Crippen LogP) is 3.04. The van der Waals surface area contributed by atoms with E-state index in [1.807, 2.05) is 12.1 Å². The van der Waals surface area contributed by atoms with Crippen LogP contribution in [0.2, 0.25) is 0 Å². The zero-order valence-electron chi connectivity index (χ0n) is 17.7. The van der Waals surface area contributed by atoms with Crippen LogP contribution in [-0.4, -0.2) is 56.2 Å². The third kappa shape index (κ3) is 6.54. The molecule has 3 N–H and O–H groups in total. The summed E-state index contributed by atoms with van der Waals surface area (Å²) in [6.45, 7) is 6.56. The molecule has 0 aliphatic carbocycles. The molecule has 0 saturated carbocycles. The first-order valence-electron chi connectivity index (χ1n) is 10.7. The van der Waals surface area contributed by atoms with E-state index in [4.69, 9.17) is 15.5 Å². The lowest BCUT2D eigenvalue weighted by Gasteiger charge is -2.38. The van der Waals surface area contributed by atoms with Crippen molar-refractivity contribution in [2.24, 2.45) is 16.6 Å². The first kappa shape index (κ1) is 24.8. The number of nitrogens with two attached hydrogens (primary N) is 1. The van der Waals surface area contributed by atoms with E-state index in [2.05, 4.69) is 17.1 Å². The summed E-state index contributed by atoms with van der Waals surface area (Å²) in [5.41, 5.74) is 6.38. The Morgan fingerprint density at radius 1 is 1.33 bits per heavy atom. The molecular formula is C22H34FIN4O2. The van der Waals surface area contributed by atoms with Crippen molar-refractivity contribution in [1.29, 1.82) is 0 Å². The van der Waals surface area contributed by atoms with Gasteiger partial charge in [-0.3, -0.25) is 9.79 Å². The summed E-state index contributed by atoms with van der Waals surface area (Å²) >= 11 is 0. The highest BCUT2D eigenvalue weighted by Crippen LogP contribution is 2.35. The fraction of sp³-hybridized carbons (Fsp3) is 0.636. The highest BCUT2D eigenvalue weighted by atomic mass is 127. The van der Waals surface area contributed by atoms with Gasteiger partial charge in [0, 0.05) is 44.7 Å². The number of halogens is 2. The van der Waals surface area contributed by atoms with Gasteiger partial charge >= 0.3 is 0 Å². The number of aliphatic imine (C=N–C) groups is 1. The Kier molecular flexibility index (Phi) is 9.80. The van der Waals surface area contributed by atoms with Crippen LogP contribution in [-0.2, 0) is 14.9 Å². The van der Waals surface area contributed by atoms with Gasteiger partial charge in [0.25, 0.3) is 0 Å². The van der Waals surface area contributed by atoms with Crippen LogP contribution in [0.3, 0.4) is 0 Å². The number of amides is 1. The molecule has 0 radical (unpaired) electrons. The van der Waals surface area contributed by atoms with Gasteiger partial charge in [-0.25, -0.2) is 4.39 Å². The van der Waals surface area contributed by atoms with E-state index < -0.39 is 0 Å². The number of hydrogen-bond acceptors (Lipinski definition) is 3. The van der Waals surface area contributed by atoms with Crippen molar-refractivity contribution in [2.75, 3.05) is 39.4 Å². The summed E-state index contributed by atoms with van der Waals surface area (Å²) in [5, 5.41) is 3.41. The van der Waals surface area contributed by atoms with Gasteiger partial charge in [0.05, 0.1) is 6.54 Å². The monoisotopic (exact) mass is 532 g/mol. The molecule has 0 aromatic heterocycles. The van der Waals surface area contributed by atoms with Gasteiger partial charge in [-0.15, -0.1) is 24.0 Å². The zero-order valence-corrected chi connectivity index (χ0v) is 20.1. The van der Waals surface area contributed by atoms with Crippen LogP contribution in [0.15, 0.2) is 29.3 Å². The standard InChI is InChI=1S/C22H33FN4O2.HI/c1-2-25-21(27-11-3-4-17(15-27)14-20(24)28)26-16-22(9-12-29-13-10-22)18-5-7-19(23)8-6-18;/h5-8,17H,2-4,9-16H2,1H3,(H2,24,28)(H,25,26);1H. The quantitative estimate of drug-likeness (QED) is 0.336. The normalized spacial score (nSPS) is 21.6. The fourth-order valence-corrected chi connectivity index (χ4v) is 4.46. The molecule has 1 aromatic carbocycles. The number of piperidine rings is 1. The molecule has 8 heteroatoms. The first-order chi connectivity index (χ1) is 14.0. The average molecular weight is 532 g/mol. The number of ether oxygens (including phenoxy) is 1. The smallest absolute Gasteiger partial charge is 0.217 e. The molecule has 30 heavy (non-hydrogen) atoms. The van der Waals surface area contributed by atoms with Gasteiger partial charge in [-0.05, 0) is 56.2 Å². The summed E-state index contributed by atoms with van der Waals surface area (Å²) in [6, 6.07) is 6.82. The molecule has 0 spiro atoms. The molecule has 1 atom stereocenters. The van der Waals surface area contributed by atoms with E-state index in [-0.39, 0.29) is 47.0 Å². The Balaban J connectivity index is 0.00000320. The average Bonchev–Trinajstić information content (AvgIpc) is 2.72. The summed E-state index contributed by atoms with van der Waals surface area (Å²) in [4.78, 5) is 18.6. The van der Waals surface area contributed by atoms with Crippen LogP contribution < -0.4 is 11.1 Å². The number of guanidine groups is 1. The summed E-state index contributed by atoms with van der Waals surface area (Å²) in [6.07, 6.45) is 4.21. The fourth-order valence-electron chi connectivity index (χ4n) is 4.46. The van der Waals surface area contributed by atoms with E-state index in [1.165, 1.54) is 12.1 Å². The Morgan fingerprint density at radius 3 is 2.67 bits per heavy atom. The zero-order chi connectivity index (χ0) is 20.7. The number of nitrogens with one attached hydrogen (secondary N) is 1. The summed E-state index contributed by atoms with van der Waals surface area (Å²) < 4.78 is 19.1. The Morgan fingerprint density at radius 2 is 2.03 bits per heavy atom. The van der Waals surface area contributed by atoms with Gasteiger partial charge in [0.15, 0.2) is 5.96 Å². The molecule has 2 fully saturated rings. The lowest BCUT2D eigenvalue weighted by atomic mass is 9.74. The van der Waals surface area contributed by atoms with Crippen molar-refractivity contribution in [1.82, 2.24) is 10.2 Å². The second-order valence-electron chi connectivity index (χ2n) is 8.19. The maximum Gasteiger partial charge on any atom is 0.217 e. The van der Waals surface area contributed by atoms with Crippen LogP contribution in [0.4, 0.5) is 4.39 Å². The second-order valence-corrected chi connectivity index (χ2v) is 8.19. The SMILES string of the molecule is CCNC(=NCC1(c2ccc(F)cc2)CCOCC1)N1CCCC(CC(N)=O)C1.I. The molecule has 0 bridgehead atoms. The molecule has 2 heterocycles. The maximum absolute atomic E-state index is 13.5.